The number of hydrogen-bond acceptors (Lipinski definition) is 4. The van der Waals surface area contributed by atoms with Gasteiger partial charge in [-0.3, -0.25) is 0 Å². The van der Waals surface area contributed by atoms with Gasteiger partial charge in [-0.05, 0) is 45.0 Å². The van der Waals surface area contributed by atoms with Crippen molar-refractivity contribution in [1.82, 2.24) is 0 Å². The lowest BCUT2D eigenvalue weighted by molar-refractivity contribution is 0.0597. The molecule has 0 aromatic heterocycles. The molecule has 0 bridgehead atoms. The zero-order valence-electron chi connectivity index (χ0n) is 15.0. The molecule has 26 heavy (non-hydrogen) atoms. The maximum Gasteiger partial charge on any atom is 0.339 e. The maximum absolute atomic E-state index is 12.2. The molecular formula is C19H20ClNO3S2. The van der Waals surface area contributed by atoms with Crippen molar-refractivity contribution < 1.29 is 13.7 Å². The van der Waals surface area contributed by atoms with E-state index < -0.39 is 21.7 Å². The van der Waals surface area contributed by atoms with Crippen LogP contribution in [0.5, 0.6) is 0 Å². The first-order chi connectivity index (χ1) is 12.2. The number of hydrogen-bond donors (Lipinski definition) is 0. The zero-order valence-corrected chi connectivity index (χ0v) is 17.4. The summed E-state index contributed by atoms with van der Waals surface area (Å²) in [4.78, 5) is 13.5. The van der Waals surface area contributed by atoms with Crippen molar-refractivity contribution in [2.75, 3.05) is 7.11 Å². The number of nitrogens with zero attached hydrogens (tertiary/aromatic N) is 1. The Bertz CT molecular complexity index is 860. The minimum absolute atomic E-state index is 0.404. The van der Waals surface area contributed by atoms with Gasteiger partial charge in [0.15, 0.2) is 0 Å². The molecule has 2 rings (SSSR count). The third-order valence-corrected chi connectivity index (χ3v) is 6.15. The Morgan fingerprint density at radius 2 is 1.81 bits per heavy atom. The van der Waals surface area contributed by atoms with E-state index in [2.05, 4.69) is 4.40 Å². The van der Waals surface area contributed by atoms with Crippen LogP contribution in [0.4, 0.5) is 0 Å². The molecule has 7 heteroatoms. The van der Waals surface area contributed by atoms with Crippen LogP contribution in [0.3, 0.4) is 0 Å². The van der Waals surface area contributed by atoms with Gasteiger partial charge in [0.2, 0.25) is 0 Å². The molecule has 0 saturated heterocycles. The summed E-state index contributed by atoms with van der Waals surface area (Å²) < 4.78 is 20.7. The van der Waals surface area contributed by atoms with Crippen LogP contribution in [0.25, 0.3) is 0 Å². The van der Waals surface area contributed by atoms with Crippen molar-refractivity contribution in [2.24, 2.45) is 4.40 Å². The monoisotopic (exact) mass is 409 g/mol. The molecular weight excluding hydrogens is 390 g/mol. The molecule has 2 aromatic carbocycles. The molecule has 0 amide bonds. The SMILES string of the molecule is COC(=O)c1ccccc1Sc1cccc(Cl)c1/C=N/S(=O)C(C)(C)C. The molecule has 0 fully saturated rings. The number of benzene rings is 2. The first-order valence-corrected chi connectivity index (χ1v) is 10.1. The molecule has 2 aromatic rings. The van der Waals surface area contributed by atoms with E-state index in [1.54, 1.807) is 18.2 Å². The topological polar surface area (TPSA) is 55.7 Å². The summed E-state index contributed by atoms with van der Waals surface area (Å²) in [6.45, 7) is 5.57. The van der Waals surface area contributed by atoms with E-state index in [0.717, 1.165) is 9.79 Å². The second-order valence-corrected chi connectivity index (χ2v) is 9.76. The molecule has 0 saturated carbocycles. The van der Waals surface area contributed by atoms with Gasteiger partial charge in [0.1, 0.15) is 11.0 Å². The molecule has 0 N–H and O–H groups in total. The first kappa shape index (κ1) is 20.7. The van der Waals surface area contributed by atoms with Crippen molar-refractivity contribution in [3.63, 3.8) is 0 Å². The lowest BCUT2D eigenvalue weighted by Gasteiger charge is -2.13. The van der Waals surface area contributed by atoms with Crippen LogP contribution in [-0.4, -0.2) is 28.2 Å². The Labute approximate surface area is 165 Å². The number of methoxy groups -OCH3 is 1. The standard InChI is InChI=1S/C19H20ClNO3S2/c1-19(2,3)26(23)21-12-14-15(20)9-7-11-17(14)25-16-10-6-5-8-13(16)18(22)24-4/h5-12H,1-4H3/b21-12+. The largest absolute Gasteiger partial charge is 0.465 e. The average molecular weight is 410 g/mol. The summed E-state index contributed by atoms with van der Waals surface area (Å²) in [6, 6.07) is 12.6. The summed E-state index contributed by atoms with van der Waals surface area (Å²) in [5.74, 6) is -0.404. The van der Waals surface area contributed by atoms with Crippen LogP contribution in [0.2, 0.25) is 5.02 Å². The number of ether oxygens (including phenoxy) is 1. The predicted molar refractivity (Wildman–Crippen MR) is 109 cm³/mol. The van der Waals surface area contributed by atoms with Crippen LogP contribution >= 0.6 is 23.4 Å². The van der Waals surface area contributed by atoms with Crippen molar-refractivity contribution >= 4 is 46.5 Å². The molecule has 0 heterocycles. The van der Waals surface area contributed by atoms with E-state index in [1.165, 1.54) is 25.1 Å². The second-order valence-electron chi connectivity index (χ2n) is 6.34. The van der Waals surface area contributed by atoms with Crippen LogP contribution in [0.1, 0.15) is 36.7 Å². The molecule has 0 spiro atoms. The third-order valence-electron chi connectivity index (χ3n) is 3.33. The highest BCUT2D eigenvalue weighted by Crippen LogP contribution is 2.35. The lowest BCUT2D eigenvalue weighted by Crippen LogP contribution is -2.19. The van der Waals surface area contributed by atoms with Gasteiger partial charge in [-0.15, -0.1) is 0 Å². The Morgan fingerprint density at radius 3 is 2.46 bits per heavy atom. The molecule has 0 aliphatic carbocycles. The number of carbonyl (C=O) groups is 1. The predicted octanol–water partition coefficient (Wildman–Crippen LogP) is 5.16. The number of carbonyl (C=O) groups excluding carboxylic acids is 1. The molecule has 0 aliphatic heterocycles. The molecule has 4 nitrogen and oxygen atoms in total. The zero-order chi connectivity index (χ0) is 19.3. The Kier molecular flexibility index (Phi) is 7.03. The van der Waals surface area contributed by atoms with Gasteiger partial charge in [0, 0.05) is 21.6 Å². The molecule has 1 unspecified atom stereocenters. The van der Waals surface area contributed by atoms with Crippen molar-refractivity contribution in [3.05, 3.63) is 58.6 Å². The van der Waals surface area contributed by atoms with Crippen LogP contribution in [0.15, 0.2) is 56.7 Å². The average Bonchev–Trinajstić information content (AvgIpc) is 2.60. The minimum Gasteiger partial charge on any atom is -0.465 e. The van der Waals surface area contributed by atoms with E-state index in [1.807, 2.05) is 45.0 Å². The lowest BCUT2D eigenvalue weighted by atomic mass is 10.2. The van der Waals surface area contributed by atoms with Gasteiger partial charge >= 0.3 is 5.97 Å². The highest BCUT2D eigenvalue weighted by atomic mass is 35.5. The van der Waals surface area contributed by atoms with Crippen molar-refractivity contribution in [1.29, 1.82) is 0 Å². The van der Waals surface area contributed by atoms with Crippen LogP contribution < -0.4 is 0 Å². The van der Waals surface area contributed by atoms with Crippen LogP contribution in [0, 0.1) is 0 Å². The van der Waals surface area contributed by atoms with Crippen molar-refractivity contribution in [2.45, 2.75) is 35.3 Å². The summed E-state index contributed by atoms with van der Waals surface area (Å²) in [7, 11) is -0.0363. The number of rotatable bonds is 5. The summed E-state index contributed by atoms with van der Waals surface area (Å²) >= 11 is 7.71. The smallest absolute Gasteiger partial charge is 0.339 e. The van der Waals surface area contributed by atoms with Gasteiger partial charge in [0.25, 0.3) is 0 Å². The Hall–Kier alpha value is -1.63. The van der Waals surface area contributed by atoms with Gasteiger partial charge in [0.05, 0.1) is 22.4 Å². The Balaban J connectivity index is 2.41. The van der Waals surface area contributed by atoms with E-state index in [0.29, 0.717) is 16.1 Å². The quantitative estimate of drug-likeness (QED) is 0.505. The minimum atomic E-state index is -1.39. The van der Waals surface area contributed by atoms with Gasteiger partial charge in [-0.25, -0.2) is 9.00 Å². The van der Waals surface area contributed by atoms with E-state index in [9.17, 15) is 9.00 Å². The summed E-state index contributed by atoms with van der Waals surface area (Å²) in [5, 5.41) is 0.500. The maximum atomic E-state index is 12.2. The fraction of sp³-hybridized carbons (Fsp3) is 0.263. The third kappa shape index (κ3) is 5.19. The summed E-state index contributed by atoms with van der Waals surface area (Å²) in [6.07, 6.45) is 1.53. The molecule has 138 valence electrons. The normalized spacial score (nSPS) is 13.0. The van der Waals surface area contributed by atoms with Gasteiger partial charge < -0.3 is 4.74 Å². The highest BCUT2D eigenvalue weighted by molar-refractivity contribution is 7.99. The van der Waals surface area contributed by atoms with Gasteiger partial charge in [-0.1, -0.05) is 41.6 Å². The van der Waals surface area contributed by atoms with E-state index in [-0.39, 0.29) is 0 Å². The summed E-state index contributed by atoms with van der Waals surface area (Å²) in [5.41, 5.74) is 1.14. The van der Waals surface area contributed by atoms with Crippen LogP contribution in [-0.2, 0) is 15.7 Å². The fourth-order valence-electron chi connectivity index (χ4n) is 1.94. The first-order valence-electron chi connectivity index (χ1n) is 7.84. The van der Waals surface area contributed by atoms with Gasteiger partial charge in [-0.2, -0.15) is 4.40 Å². The fourth-order valence-corrected chi connectivity index (χ4v) is 3.80. The number of esters is 1. The molecule has 0 aliphatic rings. The number of halogens is 1. The van der Waals surface area contributed by atoms with Crippen molar-refractivity contribution in [3.8, 4) is 0 Å². The van der Waals surface area contributed by atoms with E-state index in [4.69, 9.17) is 16.3 Å². The molecule has 0 radical (unpaired) electrons. The second kappa shape index (κ2) is 8.84. The highest BCUT2D eigenvalue weighted by Gasteiger charge is 2.19. The Morgan fingerprint density at radius 1 is 1.15 bits per heavy atom. The molecule has 1 atom stereocenters. The van der Waals surface area contributed by atoms with E-state index >= 15 is 0 Å².